The lowest BCUT2D eigenvalue weighted by atomic mass is 10.0. The Morgan fingerprint density at radius 3 is 2.26 bits per heavy atom. The van der Waals surface area contributed by atoms with E-state index in [1.165, 1.54) is 25.1 Å². The van der Waals surface area contributed by atoms with E-state index in [9.17, 15) is 33.6 Å². The Balaban J connectivity index is 2.02. The smallest absolute Gasteiger partial charge is 0.381 e. The van der Waals surface area contributed by atoms with Crippen molar-refractivity contribution in [2.75, 3.05) is 19.3 Å². The van der Waals surface area contributed by atoms with Crippen LogP contribution in [0.1, 0.15) is 54.3 Å². The van der Waals surface area contributed by atoms with Gasteiger partial charge in [0, 0.05) is 26.3 Å². The van der Waals surface area contributed by atoms with Crippen molar-refractivity contribution in [1.82, 2.24) is 5.32 Å². The van der Waals surface area contributed by atoms with Crippen LogP contribution in [-0.4, -0.2) is 60.1 Å². The fraction of sp³-hybridized carbons (Fsp3) is 0.346. The highest BCUT2D eigenvalue weighted by atomic mass is 31.2. The van der Waals surface area contributed by atoms with Crippen LogP contribution in [-0.2, 0) is 28.2 Å². The molecular formula is C26H30NO11P. The summed E-state index contributed by atoms with van der Waals surface area (Å²) in [6, 6.07) is 12.0. The molecule has 210 valence electrons. The van der Waals surface area contributed by atoms with Crippen molar-refractivity contribution in [2.45, 2.75) is 39.7 Å². The minimum atomic E-state index is -3.94. The molecule has 2 aromatic carbocycles. The van der Waals surface area contributed by atoms with Crippen LogP contribution in [0.4, 0.5) is 0 Å². The zero-order valence-electron chi connectivity index (χ0n) is 21.7. The molecule has 0 bridgehead atoms. The summed E-state index contributed by atoms with van der Waals surface area (Å²) in [5.41, 5.74) is -0.522. The average Bonchev–Trinajstić information content (AvgIpc) is 2.87. The number of hydrogen-bond donors (Lipinski definition) is 2. The molecule has 0 heterocycles. The van der Waals surface area contributed by atoms with Gasteiger partial charge in [-0.15, -0.1) is 0 Å². The van der Waals surface area contributed by atoms with Crippen LogP contribution < -0.4 is 14.6 Å². The first-order chi connectivity index (χ1) is 18.5. The number of carbonyl (C=O) groups excluding carboxylic acids is 4. The summed E-state index contributed by atoms with van der Waals surface area (Å²) in [5, 5.41) is 11.9. The number of amides is 1. The second-order valence-electron chi connectivity index (χ2n) is 8.09. The lowest BCUT2D eigenvalue weighted by Crippen LogP contribution is -2.29. The molecule has 1 amide bonds. The third-order valence-electron chi connectivity index (χ3n) is 5.00. The maximum absolute atomic E-state index is 13.4. The first-order valence-corrected chi connectivity index (χ1v) is 13.7. The number of rotatable bonds is 15. The fourth-order valence-electron chi connectivity index (χ4n) is 3.27. The van der Waals surface area contributed by atoms with Crippen molar-refractivity contribution in [3.63, 3.8) is 0 Å². The van der Waals surface area contributed by atoms with Crippen LogP contribution in [0, 0.1) is 0 Å². The van der Waals surface area contributed by atoms with Gasteiger partial charge in [-0.2, -0.15) is 0 Å². The number of nitrogens with one attached hydrogen (secondary N) is 1. The van der Waals surface area contributed by atoms with Gasteiger partial charge in [-0.1, -0.05) is 24.3 Å². The number of benzene rings is 2. The predicted octanol–water partition coefficient (Wildman–Crippen LogP) is 3.63. The van der Waals surface area contributed by atoms with E-state index in [0.29, 0.717) is 0 Å². The van der Waals surface area contributed by atoms with Gasteiger partial charge in [0.1, 0.15) is 11.3 Å². The Labute approximate surface area is 225 Å². The van der Waals surface area contributed by atoms with E-state index in [1.54, 1.807) is 37.3 Å². The van der Waals surface area contributed by atoms with Gasteiger partial charge in [-0.25, -0.2) is 14.2 Å². The summed E-state index contributed by atoms with van der Waals surface area (Å²) in [6.07, 6.45) is -2.10. The Hall–Kier alpha value is -4.02. The summed E-state index contributed by atoms with van der Waals surface area (Å²) < 4.78 is 34.2. The SMILES string of the molecule is CCOC(=O)[C@@H](C)OP(=O)(CCNC(=O)CCC(=O)c1cccc(C(=O)O)c1OC(C)=O)Oc1ccccc1. The quantitative estimate of drug-likeness (QED) is 0.140. The molecule has 0 aliphatic heterocycles. The number of esters is 2. The number of aromatic carboxylic acids is 1. The molecule has 0 saturated carbocycles. The first kappa shape index (κ1) is 31.2. The summed E-state index contributed by atoms with van der Waals surface area (Å²) in [6.45, 7) is 3.99. The molecule has 2 aromatic rings. The van der Waals surface area contributed by atoms with Crippen molar-refractivity contribution in [2.24, 2.45) is 0 Å². The Bertz CT molecular complexity index is 1250. The zero-order chi connectivity index (χ0) is 29.0. The van der Waals surface area contributed by atoms with E-state index < -0.39 is 49.0 Å². The summed E-state index contributed by atoms with van der Waals surface area (Å²) >= 11 is 0. The highest BCUT2D eigenvalue weighted by Crippen LogP contribution is 2.49. The third-order valence-corrected chi connectivity index (χ3v) is 6.90. The molecule has 2 rings (SSSR count). The highest BCUT2D eigenvalue weighted by Gasteiger charge is 2.32. The average molecular weight is 563 g/mol. The molecule has 2 atom stereocenters. The lowest BCUT2D eigenvalue weighted by Gasteiger charge is -2.22. The largest absolute Gasteiger partial charge is 0.478 e. The molecule has 0 aliphatic carbocycles. The van der Waals surface area contributed by atoms with E-state index in [1.807, 2.05) is 0 Å². The fourth-order valence-corrected chi connectivity index (χ4v) is 4.90. The maximum Gasteiger partial charge on any atom is 0.381 e. The van der Waals surface area contributed by atoms with Gasteiger partial charge in [0.25, 0.3) is 0 Å². The van der Waals surface area contributed by atoms with Gasteiger partial charge in [-0.05, 0) is 38.1 Å². The van der Waals surface area contributed by atoms with Crippen LogP contribution in [0.2, 0.25) is 0 Å². The molecule has 0 aromatic heterocycles. The number of carbonyl (C=O) groups is 5. The van der Waals surface area contributed by atoms with Gasteiger partial charge in [0.05, 0.1) is 18.3 Å². The predicted molar refractivity (Wildman–Crippen MR) is 138 cm³/mol. The second-order valence-corrected chi connectivity index (χ2v) is 10.2. The first-order valence-electron chi connectivity index (χ1n) is 12.0. The molecule has 12 nitrogen and oxygen atoms in total. The number of para-hydroxylation sites is 2. The van der Waals surface area contributed by atoms with Crippen LogP contribution in [0.25, 0.3) is 0 Å². The van der Waals surface area contributed by atoms with Crippen molar-refractivity contribution in [3.8, 4) is 11.5 Å². The summed E-state index contributed by atoms with van der Waals surface area (Å²) in [7, 11) is -3.94. The standard InChI is InChI=1S/C26H30NO11P/c1-4-35-26(33)17(2)37-39(34,38-19-9-6-5-7-10-19)16-15-27-23(30)14-13-22(29)20-11-8-12-21(25(31)32)24(20)36-18(3)28/h5-12,17H,4,13-16H2,1-3H3,(H,27,30)(H,31,32)/t17-,39?/m1/s1. The Kier molecular flexibility index (Phi) is 11.8. The Morgan fingerprint density at radius 1 is 0.974 bits per heavy atom. The van der Waals surface area contributed by atoms with Crippen molar-refractivity contribution >= 4 is 37.2 Å². The number of carboxylic acids is 1. The molecule has 0 saturated heterocycles. The minimum Gasteiger partial charge on any atom is -0.478 e. The van der Waals surface area contributed by atoms with Gasteiger partial charge >= 0.3 is 25.5 Å². The van der Waals surface area contributed by atoms with Gasteiger partial charge < -0.3 is 24.4 Å². The molecule has 39 heavy (non-hydrogen) atoms. The monoisotopic (exact) mass is 563 g/mol. The molecule has 2 N–H and O–H groups in total. The number of Topliss-reactive ketones (excluding diaryl/α,β-unsaturated/α-hetero) is 1. The molecule has 13 heteroatoms. The van der Waals surface area contributed by atoms with Crippen LogP contribution in [0.15, 0.2) is 48.5 Å². The topological polar surface area (TPSA) is 172 Å². The van der Waals surface area contributed by atoms with Gasteiger partial charge in [0.2, 0.25) is 5.91 Å². The molecular weight excluding hydrogens is 533 g/mol. The second kappa shape index (κ2) is 14.8. The molecule has 0 spiro atoms. The van der Waals surface area contributed by atoms with Crippen LogP contribution >= 0.6 is 7.60 Å². The number of carboxylic acid groups (broad SMARTS) is 1. The van der Waals surface area contributed by atoms with Gasteiger partial charge in [0.15, 0.2) is 17.6 Å². The number of hydrogen-bond acceptors (Lipinski definition) is 10. The van der Waals surface area contributed by atoms with Crippen molar-refractivity contribution < 1.29 is 52.2 Å². The highest BCUT2D eigenvalue weighted by molar-refractivity contribution is 7.54. The third kappa shape index (κ3) is 9.99. The van der Waals surface area contributed by atoms with E-state index >= 15 is 0 Å². The summed E-state index contributed by atoms with van der Waals surface area (Å²) in [5.74, 6) is -4.27. The molecule has 0 radical (unpaired) electrons. The van der Waals surface area contributed by atoms with E-state index in [0.717, 1.165) is 6.92 Å². The zero-order valence-corrected chi connectivity index (χ0v) is 22.6. The molecule has 0 fully saturated rings. The lowest BCUT2D eigenvalue weighted by molar-refractivity contribution is -0.150. The summed E-state index contributed by atoms with van der Waals surface area (Å²) in [4.78, 5) is 60.0. The van der Waals surface area contributed by atoms with E-state index in [-0.39, 0.29) is 49.0 Å². The normalized spacial score (nSPS) is 12.9. The van der Waals surface area contributed by atoms with E-state index in [4.69, 9.17) is 18.5 Å². The maximum atomic E-state index is 13.4. The van der Waals surface area contributed by atoms with E-state index in [2.05, 4.69) is 5.32 Å². The van der Waals surface area contributed by atoms with Crippen LogP contribution in [0.3, 0.4) is 0 Å². The Morgan fingerprint density at radius 2 is 1.64 bits per heavy atom. The van der Waals surface area contributed by atoms with Crippen molar-refractivity contribution in [3.05, 3.63) is 59.7 Å². The van der Waals surface area contributed by atoms with Crippen LogP contribution in [0.5, 0.6) is 11.5 Å². The molecule has 0 aliphatic rings. The molecule has 1 unspecified atom stereocenters. The number of ketones is 1. The minimum absolute atomic E-state index is 0.105. The van der Waals surface area contributed by atoms with Crippen molar-refractivity contribution in [1.29, 1.82) is 0 Å². The number of ether oxygens (including phenoxy) is 2. The van der Waals surface area contributed by atoms with Gasteiger partial charge in [-0.3, -0.25) is 18.9 Å².